The maximum Gasteiger partial charge on any atom is 0.480 e. The van der Waals surface area contributed by atoms with Crippen LogP contribution in [0.5, 0.6) is 0 Å². The highest BCUT2D eigenvalue weighted by molar-refractivity contribution is 6.58. The van der Waals surface area contributed by atoms with Crippen molar-refractivity contribution in [3.05, 3.63) is 0 Å². The summed E-state index contributed by atoms with van der Waals surface area (Å²) in [6.45, 7) is -4.38. The molecule has 0 bridgehead atoms. The minimum atomic E-state index is -4.71. The highest BCUT2D eigenvalue weighted by Gasteiger charge is 2.23. The summed E-state index contributed by atoms with van der Waals surface area (Å²) < 4.78 is 45.3. The summed E-state index contributed by atoms with van der Waals surface area (Å²) in [7, 11) is 0. The molecule has 1 heterocycles. The first-order valence-corrected chi connectivity index (χ1v) is 4.52. The van der Waals surface area contributed by atoms with Crippen molar-refractivity contribution in [1.29, 1.82) is 0 Å². The van der Waals surface area contributed by atoms with Gasteiger partial charge in [0.05, 0.1) is 0 Å². The molecule has 13 heavy (non-hydrogen) atoms. The molecule has 0 aromatic rings. The van der Waals surface area contributed by atoms with Gasteiger partial charge in [-0.2, -0.15) is 0 Å². The number of rotatable bonds is 4. The minimum Gasteiger partial charge on any atom is -0.449 e. The van der Waals surface area contributed by atoms with Crippen molar-refractivity contribution in [3.8, 4) is 0 Å². The molecule has 1 atom stereocenters. The third-order valence-corrected chi connectivity index (χ3v) is 1.89. The van der Waals surface area contributed by atoms with Crippen molar-refractivity contribution >= 4 is 6.98 Å². The summed E-state index contributed by atoms with van der Waals surface area (Å²) >= 11 is 0. The predicted molar refractivity (Wildman–Crippen MR) is 43.4 cm³/mol. The van der Waals surface area contributed by atoms with Gasteiger partial charge in [0, 0.05) is 13.2 Å². The molecule has 0 aromatic carbocycles. The van der Waals surface area contributed by atoms with E-state index in [1.54, 1.807) is 0 Å². The van der Waals surface area contributed by atoms with E-state index in [0.29, 0.717) is 13.0 Å². The van der Waals surface area contributed by atoms with E-state index in [-0.39, 0.29) is 6.61 Å². The lowest BCUT2D eigenvalue weighted by molar-refractivity contribution is -0.159. The van der Waals surface area contributed by atoms with Crippen LogP contribution in [0.2, 0.25) is 6.32 Å². The maximum absolute atomic E-state index is 11.8. The number of ether oxygens (including phenoxy) is 2. The highest BCUT2D eigenvalue weighted by Crippen LogP contribution is 2.17. The van der Waals surface area contributed by atoms with Crippen LogP contribution in [0.4, 0.5) is 12.9 Å². The molecule has 1 fully saturated rings. The monoisotopic (exact) mass is 197 g/mol. The van der Waals surface area contributed by atoms with Gasteiger partial charge in [0.1, 0.15) is 0 Å². The summed E-state index contributed by atoms with van der Waals surface area (Å²) in [6, 6.07) is 0. The Kier molecular flexibility index (Phi) is 4.06. The van der Waals surface area contributed by atoms with E-state index >= 15 is 0 Å². The van der Waals surface area contributed by atoms with Gasteiger partial charge in [0.25, 0.3) is 0 Å². The van der Waals surface area contributed by atoms with E-state index in [2.05, 4.69) is 0 Å². The van der Waals surface area contributed by atoms with Gasteiger partial charge >= 0.3 is 6.98 Å². The molecule has 0 radical (unpaired) electrons. The minimum absolute atomic E-state index is 0.270. The normalized spacial score (nSPS) is 24.7. The molecular weight excluding hydrogens is 184 g/mol. The van der Waals surface area contributed by atoms with Crippen LogP contribution in [-0.4, -0.2) is 26.5 Å². The second-order valence-corrected chi connectivity index (χ2v) is 3.17. The second kappa shape index (κ2) is 4.86. The zero-order chi connectivity index (χ0) is 9.73. The lowest BCUT2D eigenvalue weighted by Gasteiger charge is -2.23. The molecule has 0 amide bonds. The van der Waals surface area contributed by atoms with E-state index in [1.807, 2.05) is 0 Å². The summed E-state index contributed by atoms with van der Waals surface area (Å²) in [5.41, 5.74) is 0. The van der Waals surface area contributed by atoms with Crippen LogP contribution in [0.25, 0.3) is 0 Å². The Morgan fingerprint density at radius 3 is 2.62 bits per heavy atom. The summed E-state index contributed by atoms with van der Waals surface area (Å²) in [5, 5.41) is 0. The standard InChI is InChI=1S/C7H13BF3O2/c9-8(10,11)4-6-13-7-3-1-2-5-12-7/h7H,1-6H2/q-1/t7-/m0/s1. The Labute approximate surface area is 75.5 Å². The van der Waals surface area contributed by atoms with Crippen LogP contribution in [0.15, 0.2) is 0 Å². The molecule has 6 heteroatoms. The second-order valence-electron chi connectivity index (χ2n) is 3.17. The van der Waals surface area contributed by atoms with Crippen molar-refractivity contribution in [1.82, 2.24) is 0 Å². The van der Waals surface area contributed by atoms with Gasteiger partial charge in [-0.25, -0.2) is 0 Å². The van der Waals surface area contributed by atoms with Gasteiger partial charge in [0.2, 0.25) is 0 Å². The lowest BCUT2D eigenvalue weighted by atomic mass is 9.87. The van der Waals surface area contributed by atoms with E-state index in [4.69, 9.17) is 9.47 Å². The molecule has 0 N–H and O–H groups in total. The van der Waals surface area contributed by atoms with Crippen LogP contribution in [0, 0.1) is 0 Å². The molecule has 1 saturated heterocycles. The van der Waals surface area contributed by atoms with Crippen molar-refractivity contribution in [2.75, 3.05) is 13.2 Å². The average Bonchev–Trinajstić information content (AvgIpc) is 2.04. The molecule has 2 nitrogen and oxygen atoms in total. The van der Waals surface area contributed by atoms with E-state index in [9.17, 15) is 12.9 Å². The molecule has 0 saturated carbocycles. The smallest absolute Gasteiger partial charge is 0.449 e. The third-order valence-electron chi connectivity index (χ3n) is 1.89. The van der Waals surface area contributed by atoms with Crippen molar-refractivity contribution in [2.24, 2.45) is 0 Å². The summed E-state index contributed by atoms with van der Waals surface area (Å²) in [5.74, 6) is 0. The quantitative estimate of drug-likeness (QED) is 0.644. The van der Waals surface area contributed by atoms with Crippen molar-refractivity contribution in [2.45, 2.75) is 31.9 Å². The average molecular weight is 197 g/mol. The van der Waals surface area contributed by atoms with Crippen molar-refractivity contribution < 1.29 is 22.4 Å². The van der Waals surface area contributed by atoms with Crippen LogP contribution in [0.3, 0.4) is 0 Å². The Morgan fingerprint density at radius 1 is 1.31 bits per heavy atom. The number of hydrogen-bond donors (Lipinski definition) is 0. The first-order chi connectivity index (χ1) is 6.08. The predicted octanol–water partition coefficient (Wildman–Crippen LogP) is 2.38. The van der Waals surface area contributed by atoms with Gasteiger partial charge in [0.15, 0.2) is 6.29 Å². The van der Waals surface area contributed by atoms with Gasteiger partial charge in [-0.1, -0.05) is 6.32 Å². The fourth-order valence-electron chi connectivity index (χ4n) is 1.18. The molecule has 1 aliphatic heterocycles. The Bertz CT molecular complexity index is 145. The zero-order valence-corrected chi connectivity index (χ0v) is 7.35. The largest absolute Gasteiger partial charge is 0.480 e. The highest BCUT2D eigenvalue weighted by atomic mass is 19.4. The van der Waals surface area contributed by atoms with Crippen LogP contribution in [-0.2, 0) is 9.47 Å². The molecule has 0 unspecified atom stereocenters. The van der Waals surface area contributed by atoms with Crippen LogP contribution >= 0.6 is 0 Å². The number of halogens is 3. The van der Waals surface area contributed by atoms with Crippen molar-refractivity contribution in [3.63, 3.8) is 0 Å². The Morgan fingerprint density at radius 2 is 2.08 bits per heavy atom. The summed E-state index contributed by atoms with van der Waals surface area (Å²) in [6.07, 6.45) is 1.42. The van der Waals surface area contributed by atoms with E-state index < -0.39 is 19.6 Å². The molecule has 0 aliphatic carbocycles. The summed E-state index contributed by atoms with van der Waals surface area (Å²) in [4.78, 5) is 0. The molecule has 0 spiro atoms. The van der Waals surface area contributed by atoms with Gasteiger partial charge < -0.3 is 22.4 Å². The Balaban J connectivity index is 2.04. The molecule has 78 valence electrons. The Hall–Kier alpha value is -0.225. The fraction of sp³-hybridized carbons (Fsp3) is 1.00. The van der Waals surface area contributed by atoms with E-state index in [1.165, 1.54) is 0 Å². The SMILES string of the molecule is F[B-](F)(F)CCO[C@H]1CCCCO1. The van der Waals surface area contributed by atoms with Gasteiger partial charge in [-0.3, -0.25) is 0 Å². The zero-order valence-electron chi connectivity index (χ0n) is 7.35. The first kappa shape index (κ1) is 10.9. The maximum atomic E-state index is 11.8. The fourth-order valence-corrected chi connectivity index (χ4v) is 1.18. The van der Waals surface area contributed by atoms with E-state index in [0.717, 1.165) is 12.8 Å². The first-order valence-electron chi connectivity index (χ1n) is 4.52. The lowest BCUT2D eigenvalue weighted by Crippen LogP contribution is -2.25. The van der Waals surface area contributed by atoms with Gasteiger partial charge in [-0.15, -0.1) is 0 Å². The molecule has 0 aromatic heterocycles. The van der Waals surface area contributed by atoms with Crippen LogP contribution in [0.1, 0.15) is 19.3 Å². The van der Waals surface area contributed by atoms with Gasteiger partial charge in [-0.05, 0) is 19.3 Å². The third kappa shape index (κ3) is 5.15. The molecule has 1 rings (SSSR count). The molecule has 1 aliphatic rings. The topological polar surface area (TPSA) is 18.5 Å². The number of hydrogen-bond acceptors (Lipinski definition) is 2. The molecular formula is C7H13BF3O2-. The van der Waals surface area contributed by atoms with Crippen LogP contribution < -0.4 is 0 Å².